The number of carboxylic acids is 1. The second-order valence-corrected chi connectivity index (χ2v) is 12.6. The lowest BCUT2D eigenvalue weighted by Crippen LogP contribution is -2.42. The molecule has 2 aliphatic heterocycles. The first-order valence-electron chi connectivity index (χ1n) is 15.7. The van der Waals surface area contributed by atoms with Crippen LogP contribution in [0.25, 0.3) is 0 Å². The second-order valence-electron chi connectivity index (χ2n) is 11.6. The lowest BCUT2D eigenvalue weighted by Gasteiger charge is -2.36. The first kappa shape index (κ1) is 33.9. The summed E-state index contributed by atoms with van der Waals surface area (Å²) in [4.78, 5) is 52.3. The van der Waals surface area contributed by atoms with Crippen molar-refractivity contribution in [3.63, 3.8) is 0 Å². The molecule has 2 saturated heterocycles. The molecule has 6 rings (SSSR count). The number of benzene rings is 4. The van der Waals surface area contributed by atoms with E-state index in [1.165, 1.54) is 11.8 Å². The molecule has 49 heavy (non-hydrogen) atoms. The molecule has 4 aromatic rings. The molecule has 4 aromatic carbocycles. The summed E-state index contributed by atoms with van der Waals surface area (Å²) >= 11 is 1.38. The van der Waals surface area contributed by atoms with Gasteiger partial charge in [0.25, 0.3) is 5.91 Å². The van der Waals surface area contributed by atoms with Crippen molar-refractivity contribution in [1.82, 2.24) is 5.32 Å². The van der Waals surface area contributed by atoms with Gasteiger partial charge in [-0.05, 0) is 41.0 Å². The minimum atomic E-state index is -1.08. The van der Waals surface area contributed by atoms with E-state index in [0.29, 0.717) is 28.3 Å². The molecule has 252 valence electrons. The molecule has 2 aliphatic rings. The van der Waals surface area contributed by atoms with E-state index in [2.05, 4.69) is 5.32 Å². The van der Waals surface area contributed by atoms with Crippen LogP contribution in [0.2, 0.25) is 0 Å². The number of anilines is 1. The summed E-state index contributed by atoms with van der Waals surface area (Å²) in [7, 11) is 0. The van der Waals surface area contributed by atoms with Crippen molar-refractivity contribution in [2.75, 3.05) is 10.7 Å². The van der Waals surface area contributed by atoms with E-state index in [9.17, 15) is 29.4 Å². The van der Waals surface area contributed by atoms with Crippen molar-refractivity contribution in [2.24, 2.45) is 0 Å². The molecule has 0 radical (unpaired) electrons. The largest absolute Gasteiger partial charge is 0.478 e. The molecular formula is C37H34N2O9S. The van der Waals surface area contributed by atoms with Crippen LogP contribution < -0.4 is 10.2 Å². The molecule has 11 nitrogen and oxygen atoms in total. The number of aromatic carboxylic acids is 1. The molecule has 0 bridgehead atoms. The number of thioether (sulfide) groups is 1. The predicted molar refractivity (Wildman–Crippen MR) is 180 cm³/mol. The Kier molecular flexibility index (Phi) is 10.7. The zero-order valence-corrected chi connectivity index (χ0v) is 27.1. The number of ether oxygens (including phenoxy) is 3. The summed E-state index contributed by atoms with van der Waals surface area (Å²) in [5.41, 5.74) is 3.49. The van der Waals surface area contributed by atoms with Gasteiger partial charge in [-0.25, -0.2) is 14.5 Å². The lowest BCUT2D eigenvalue weighted by molar-refractivity contribution is -0.245. The fraction of sp³-hybridized carbons (Fsp3) is 0.243. The number of carboxylic acid groups (broad SMARTS) is 1. The van der Waals surface area contributed by atoms with Gasteiger partial charge >= 0.3 is 12.1 Å². The SMILES string of the molecule is O=C(NC1CC(=O)N(c2cccc([C@H]3O[C@@H](CSc4ccccc4C(=O)O)C[C@@H](c4ccc(CO)cc4)O3)c2)C1=O)OCc1ccccc1. The third-order valence-corrected chi connectivity index (χ3v) is 9.41. The summed E-state index contributed by atoms with van der Waals surface area (Å²) < 4.78 is 18.1. The number of aliphatic hydroxyl groups excluding tert-OH is 1. The molecule has 0 spiro atoms. The van der Waals surface area contributed by atoms with Gasteiger partial charge in [0.05, 0.1) is 36.5 Å². The van der Waals surface area contributed by atoms with Crippen LogP contribution in [0.15, 0.2) is 108 Å². The van der Waals surface area contributed by atoms with Crippen LogP contribution in [0.5, 0.6) is 0 Å². The molecule has 2 fully saturated rings. The highest BCUT2D eigenvalue weighted by molar-refractivity contribution is 7.99. The second kappa shape index (κ2) is 15.5. The van der Waals surface area contributed by atoms with Crippen molar-refractivity contribution in [3.05, 3.63) is 131 Å². The Balaban J connectivity index is 1.18. The number of carbonyl (C=O) groups is 4. The first-order valence-corrected chi connectivity index (χ1v) is 16.7. The number of rotatable bonds is 11. The third kappa shape index (κ3) is 8.18. The molecular weight excluding hydrogens is 648 g/mol. The number of imide groups is 1. The third-order valence-electron chi connectivity index (χ3n) is 8.21. The summed E-state index contributed by atoms with van der Waals surface area (Å²) in [5, 5.41) is 21.7. The van der Waals surface area contributed by atoms with E-state index >= 15 is 0 Å². The van der Waals surface area contributed by atoms with E-state index in [1.54, 1.807) is 60.7 Å². The topological polar surface area (TPSA) is 152 Å². The van der Waals surface area contributed by atoms with Gasteiger partial charge in [0.2, 0.25) is 5.91 Å². The Morgan fingerprint density at radius 3 is 2.39 bits per heavy atom. The molecule has 0 aliphatic carbocycles. The monoisotopic (exact) mass is 682 g/mol. The Bertz CT molecular complexity index is 1820. The lowest BCUT2D eigenvalue weighted by atomic mass is 10.0. The van der Waals surface area contributed by atoms with Crippen LogP contribution >= 0.6 is 11.8 Å². The summed E-state index contributed by atoms with van der Waals surface area (Å²) in [5.74, 6) is -1.64. The average Bonchev–Trinajstić information content (AvgIpc) is 3.41. The van der Waals surface area contributed by atoms with Crippen LogP contribution in [0.1, 0.15) is 57.8 Å². The molecule has 1 unspecified atom stereocenters. The van der Waals surface area contributed by atoms with Gasteiger partial charge in [-0.1, -0.05) is 78.9 Å². The standard InChI is InChI=1S/C37H34N2O9S/c40-20-23-13-15-25(16-14-23)31-18-28(22-49-32-12-5-4-11-29(32)35(43)44)47-36(48-31)26-9-6-10-27(17-26)39-33(41)19-30(34(39)42)38-37(45)46-21-24-7-2-1-3-8-24/h1-17,28,30-31,36,40H,18-22H2,(H,38,45)(H,43,44)/t28-,30?,31+,36+/m1/s1. The van der Waals surface area contributed by atoms with Gasteiger partial charge in [0, 0.05) is 22.6 Å². The first-order chi connectivity index (χ1) is 23.8. The fourth-order valence-corrected chi connectivity index (χ4v) is 6.77. The summed E-state index contributed by atoms with van der Waals surface area (Å²) in [6.45, 7) is -0.0708. The minimum absolute atomic E-state index is 0.0207. The van der Waals surface area contributed by atoms with Gasteiger partial charge < -0.3 is 29.7 Å². The highest BCUT2D eigenvalue weighted by Gasteiger charge is 2.41. The highest BCUT2D eigenvalue weighted by atomic mass is 32.2. The van der Waals surface area contributed by atoms with Gasteiger partial charge in [-0.3, -0.25) is 9.59 Å². The molecule has 12 heteroatoms. The van der Waals surface area contributed by atoms with Crippen LogP contribution in [0, 0.1) is 0 Å². The molecule has 3 N–H and O–H groups in total. The maximum Gasteiger partial charge on any atom is 0.408 e. The summed E-state index contributed by atoms with van der Waals surface area (Å²) in [6, 6.07) is 29.0. The number of nitrogens with zero attached hydrogens (tertiary/aromatic N) is 1. The number of amides is 3. The molecule has 0 saturated carbocycles. The van der Waals surface area contributed by atoms with Gasteiger partial charge in [-0.2, -0.15) is 0 Å². The smallest absolute Gasteiger partial charge is 0.408 e. The Labute approximate surface area is 286 Å². The minimum Gasteiger partial charge on any atom is -0.478 e. The van der Waals surface area contributed by atoms with E-state index in [0.717, 1.165) is 21.6 Å². The van der Waals surface area contributed by atoms with E-state index in [1.807, 2.05) is 42.5 Å². The molecule has 3 amide bonds. The quantitative estimate of drug-likeness (QED) is 0.131. The summed E-state index contributed by atoms with van der Waals surface area (Å²) in [6.07, 6.45) is -2.19. The number of hydrogen-bond donors (Lipinski definition) is 3. The van der Waals surface area contributed by atoms with Crippen molar-refractivity contribution in [2.45, 2.75) is 55.5 Å². The molecule has 2 heterocycles. The van der Waals surface area contributed by atoms with Gasteiger partial charge in [-0.15, -0.1) is 11.8 Å². The Morgan fingerprint density at radius 2 is 1.63 bits per heavy atom. The fourth-order valence-electron chi connectivity index (χ4n) is 5.71. The van der Waals surface area contributed by atoms with Crippen molar-refractivity contribution < 1.29 is 43.6 Å². The van der Waals surface area contributed by atoms with Crippen LogP contribution in [0.3, 0.4) is 0 Å². The molecule has 4 atom stereocenters. The van der Waals surface area contributed by atoms with Crippen molar-refractivity contribution in [1.29, 1.82) is 0 Å². The van der Waals surface area contributed by atoms with Gasteiger partial charge in [0.1, 0.15) is 12.6 Å². The van der Waals surface area contributed by atoms with Gasteiger partial charge in [0.15, 0.2) is 6.29 Å². The number of carbonyl (C=O) groups excluding carboxylic acids is 3. The van der Waals surface area contributed by atoms with Crippen LogP contribution in [0.4, 0.5) is 10.5 Å². The maximum absolute atomic E-state index is 13.4. The van der Waals surface area contributed by atoms with E-state index in [4.69, 9.17) is 14.2 Å². The Morgan fingerprint density at radius 1 is 0.878 bits per heavy atom. The van der Waals surface area contributed by atoms with E-state index in [-0.39, 0.29) is 31.3 Å². The van der Waals surface area contributed by atoms with Crippen LogP contribution in [-0.2, 0) is 37.0 Å². The number of nitrogens with one attached hydrogen (secondary N) is 1. The maximum atomic E-state index is 13.4. The number of hydrogen-bond acceptors (Lipinski definition) is 9. The predicted octanol–water partition coefficient (Wildman–Crippen LogP) is 5.77. The zero-order chi connectivity index (χ0) is 34.3. The number of aliphatic hydroxyl groups is 1. The van der Waals surface area contributed by atoms with Crippen molar-refractivity contribution >= 4 is 41.3 Å². The van der Waals surface area contributed by atoms with Crippen molar-refractivity contribution in [3.8, 4) is 0 Å². The zero-order valence-electron chi connectivity index (χ0n) is 26.3. The molecule has 0 aromatic heterocycles. The Hall–Kier alpha value is -5.01. The average molecular weight is 683 g/mol. The highest BCUT2D eigenvalue weighted by Crippen LogP contribution is 2.40. The van der Waals surface area contributed by atoms with Crippen LogP contribution in [-0.4, -0.2) is 52.0 Å². The van der Waals surface area contributed by atoms with E-state index < -0.39 is 42.3 Å². The number of alkyl carbamates (subject to hydrolysis) is 1. The normalized spacial score (nSPS) is 20.6.